The number of anilines is 1. The summed E-state index contributed by atoms with van der Waals surface area (Å²) in [5.74, 6) is 0.349. The van der Waals surface area contributed by atoms with Crippen LogP contribution >= 0.6 is 11.8 Å². The average molecular weight is 532 g/mol. The maximum atomic E-state index is 12.8. The standard InChI is InChI=1S/C23H41N5O7S/c1-3-5-6-7-8-9-10-20(32)24-16(15-36-11-4-2)23(35)25-19-13-28(27-26-19)12-17(30)21(33)22(34)18(31)14-29/h4,13,16-18,21-22,29-31,33-34H,2-3,5-12,14-15H2,1H3,(H,24,32)(H,25,35)/t16-,17+,18-,21+,22-/m1/s1. The van der Waals surface area contributed by atoms with Crippen molar-refractivity contribution in [1.82, 2.24) is 20.3 Å². The van der Waals surface area contributed by atoms with Crippen molar-refractivity contribution >= 4 is 29.4 Å². The topological polar surface area (TPSA) is 190 Å². The molecule has 0 aliphatic rings. The van der Waals surface area contributed by atoms with Crippen molar-refractivity contribution in [3.05, 3.63) is 19.5 Å². The van der Waals surface area contributed by atoms with Gasteiger partial charge in [0.1, 0.15) is 30.5 Å². The summed E-state index contributed by atoms with van der Waals surface area (Å²) in [6, 6.07) is -0.796. The first-order chi connectivity index (χ1) is 17.2. The molecule has 1 rings (SSSR count). The third-order valence-electron chi connectivity index (χ3n) is 5.42. The second-order valence-electron chi connectivity index (χ2n) is 8.58. The number of hydrogen-bond donors (Lipinski definition) is 7. The van der Waals surface area contributed by atoms with Gasteiger partial charge < -0.3 is 36.2 Å². The molecule has 36 heavy (non-hydrogen) atoms. The summed E-state index contributed by atoms with van der Waals surface area (Å²) >= 11 is 1.45. The molecule has 0 saturated heterocycles. The van der Waals surface area contributed by atoms with Gasteiger partial charge in [-0.3, -0.25) is 9.59 Å². The van der Waals surface area contributed by atoms with Gasteiger partial charge in [-0.1, -0.05) is 44.2 Å². The predicted molar refractivity (Wildman–Crippen MR) is 137 cm³/mol. The number of unbranched alkanes of at least 4 members (excludes halogenated alkanes) is 5. The van der Waals surface area contributed by atoms with Crippen molar-refractivity contribution in [2.75, 3.05) is 23.4 Å². The molecule has 0 fully saturated rings. The van der Waals surface area contributed by atoms with E-state index in [1.807, 2.05) is 0 Å². The number of rotatable bonds is 20. The highest BCUT2D eigenvalue weighted by molar-refractivity contribution is 7.99. The maximum Gasteiger partial charge on any atom is 0.249 e. The second kappa shape index (κ2) is 18.5. The van der Waals surface area contributed by atoms with E-state index in [1.165, 1.54) is 24.4 Å². The molecule has 0 spiro atoms. The van der Waals surface area contributed by atoms with Gasteiger partial charge in [0, 0.05) is 12.2 Å². The first-order valence-corrected chi connectivity index (χ1v) is 13.4. The number of carbonyl (C=O) groups is 2. The number of thioether (sulfide) groups is 1. The van der Waals surface area contributed by atoms with Crippen LogP contribution in [-0.2, 0) is 16.1 Å². The Balaban J connectivity index is 2.63. The molecule has 5 atom stereocenters. The van der Waals surface area contributed by atoms with Crippen LogP contribution in [0.5, 0.6) is 0 Å². The summed E-state index contributed by atoms with van der Waals surface area (Å²) in [5.41, 5.74) is 0. The molecule has 2 radical (unpaired) electrons. The molecule has 0 saturated carbocycles. The van der Waals surface area contributed by atoms with Gasteiger partial charge in [0.2, 0.25) is 11.8 Å². The molecule has 2 amide bonds. The minimum atomic E-state index is -1.76. The van der Waals surface area contributed by atoms with Gasteiger partial charge in [0.15, 0.2) is 5.82 Å². The molecule has 12 nitrogen and oxygen atoms in total. The van der Waals surface area contributed by atoms with Crippen molar-refractivity contribution in [3.63, 3.8) is 0 Å². The molecule has 0 aliphatic heterocycles. The van der Waals surface area contributed by atoms with Crippen LogP contribution in [-0.4, -0.2) is 101 Å². The van der Waals surface area contributed by atoms with E-state index in [-0.39, 0.29) is 18.3 Å². The highest BCUT2D eigenvalue weighted by Crippen LogP contribution is 2.11. The zero-order valence-electron chi connectivity index (χ0n) is 20.8. The monoisotopic (exact) mass is 531 g/mol. The van der Waals surface area contributed by atoms with Gasteiger partial charge in [0.25, 0.3) is 0 Å². The Labute approximate surface area is 216 Å². The van der Waals surface area contributed by atoms with Gasteiger partial charge in [-0.15, -0.1) is 5.10 Å². The number of amides is 2. The van der Waals surface area contributed by atoms with Gasteiger partial charge in [-0.05, 0) is 25.5 Å². The molecule has 0 bridgehead atoms. The van der Waals surface area contributed by atoms with E-state index >= 15 is 0 Å². The summed E-state index contributed by atoms with van der Waals surface area (Å²) < 4.78 is 1.14. The zero-order valence-corrected chi connectivity index (χ0v) is 21.6. The van der Waals surface area contributed by atoms with E-state index in [4.69, 9.17) is 5.11 Å². The number of aliphatic hydroxyl groups is 5. The summed E-state index contributed by atoms with van der Waals surface area (Å²) in [4.78, 5) is 25.2. The van der Waals surface area contributed by atoms with E-state index in [9.17, 15) is 30.0 Å². The highest BCUT2D eigenvalue weighted by atomic mass is 32.2. The van der Waals surface area contributed by atoms with Crippen LogP contribution in [0.15, 0.2) is 6.20 Å². The predicted octanol–water partition coefficient (Wildman–Crippen LogP) is -0.341. The maximum absolute atomic E-state index is 12.8. The molecule has 0 unspecified atom stereocenters. The Kier molecular flexibility index (Phi) is 16.6. The Morgan fingerprint density at radius 2 is 1.78 bits per heavy atom. The Hall–Kier alpha value is -1.77. The molecule has 1 heterocycles. The fraction of sp³-hybridized carbons (Fsp3) is 0.739. The van der Waals surface area contributed by atoms with Crippen molar-refractivity contribution in [1.29, 1.82) is 0 Å². The van der Waals surface area contributed by atoms with Crippen LogP contribution in [0.1, 0.15) is 51.9 Å². The lowest BCUT2D eigenvalue weighted by Crippen LogP contribution is -2.47. The minimum Gasteiger partial charge on any atom is -0.394 e. The zero-order chi connectivity index (χ0) is 26.9. The number of carbonyl (C=O) groups excluding carboxylic acids is 2. The highest BCUT2D eigenvalue weighted by Gasteiger charge is 2.30. The van der Waals surface area contributed by atoms with Gasteiger partial charge in [-0.2, -0.15) is 11.8 Å². The van der Waals surface area contributed by atoms with Crippen molar-refractivity contribution in [3.8, 4) is 0 Å². The lowest BCUT2D eigenvalue weighted by molar-refractivity contribution is -0.126. The smallest absolute Gasteiger partial charge is 0.249 e. The molecule has 13 heteroatoms. The first-order valence-electron chi connectivity index (χ1n) is 12.3. The Morgan fingerprint density at radius 1 is 1.11 bits per heavy atom. The molecular weight excluding hydrogens is 490 g/mol. The van der Waals surface area contributed by atoms with E-state index in [1.54, 1.807) is 6.42 Å². The quantitative estimate of drug-likeness (QED) is 0.110. The van der Waals surface area contributed by atoms with Crippen LogP contribution in [0.2, 0.25) is 0 Å². The van der Waals surface area contributed by atoms with E-state index in [0.717, 1.165) is 36.8 Å². The fourth-order valence-corrected chi connectivity index (χ4v) is 4.08. The third-order valence-corrected chi connectivity index (χ3v) is 6.46. The molecule has 7 N–H and O–H groups in total. The Morgan fingerprint density at radius 3 is 2.44 bits per heavy atom. The van der Waals surface area contributed by atoms with Gasteiger partial charge in [-0.25, -0.2) is 4.68 Å². The number of hydrogen-bond acceptors (Lipinski definition) is 10. The molecule has 206 valence electrons. The molecular formula is C23H41N5O7S. The van der Waals surface area contributed by atoms with Crippen LogP contribution < -0.4 is 10.6 Å². The number of nitrogens with zero attached hydrogens (tertiary/aromatic N) is 3. The van der Waals surface area contributed by atoms with E-state index < -0.39 is 43.0 Å². The Bertz CT molecular complexity index is 754. The van der Waals surface area contributed by atoms with Crippen LogP contribution in [0.4, 0.5) is 5.82 Å². The third kappa shape index (κ3) is 12.5. The molecule has 1 aromatic heterocycles. The summed E-state index contributed by atoms with van der Waals surface area (Å²) in [6.07, 6.45) is 3.02. The van der Waals surface area contributed by atoms with Crippen molar-refractivity contribution in [2.45, 2.75) is 88.9 Å². The first kappa shape index (κ1) is 32.3. The van der Waals surface area contributed by atoms with Crippen molar-refractivity contribution in [2.24, 2.45) is 0 Å². The van der Waals surface area contributed by atoms with Crippen LogP contribution in [0.3, 0.4) is 0 Å². The number of aliphatic hydroxyl groups excluding tert-OH is 5. The van der Waals surface area contributed by atoms with Crippen molar-refractivity contribution < 1.29 is 35.1 Å². The fourth-order valence-electron chi connectivity index (χ4n) is 3.31. The van der Waals surface area contributed by atoms with E-state index in [2.05, 4.69) is 34.8 Å². The van der Waals surface area contributed by atoms with Gasteiger partial charge in [0.05, 0.1) is 19.3 Å². The summed E-state index contributed by atoms with van der Waals surface area (Å²) in [7, 11) is 0. The summed E-state index contributed by atoms with van der Waals surface area (Å²) in [5, 5.41) is 60.9. The van der Waals surface area contributed by atoms with E-state index in [0.29, 0.717) is 17.9 Å². The lowest BCUT2D eigenvalue weighted by atomic mass is 10.0. The SMILES string of the molecule is [CH2][CH]CSC[C@@H](NC(=O)CCCCCCCC)C(=O)Nc1cn(C[C@H](O)[C@H](O)[C@H](O)[C@H](O)CO)nn1. The molecule has 0 aromatic carbocycles. The summed E-state index contributed by atoms with van der Waals surface area (Å²) in [6.45, 7) is 4.72. The number of aromatic nitrogens is 3. The van der Waals surface area contributed by atoms with Gasteiger partial charge >= 0.3 is 0 Å². The molecule has 0 aliphatic carbocycles. The van der Waals surface area contributed by atoms with Crippen LogP contribution in [0, 0.1) is 13.3 Å². The van der Waals surface area contributed by atoms with Crippen LogP contribution in [0.25, 0.3) is 0 Å². The average Bonchev–Trinajstić information content (AvgIpc) is 3.30. The largest absolute Gasteiger partial charge is 0.394 e. The normalized spacial score (nSPS) is 15.6. The minimum absolute atomic E-state index is 0.0709. The second-order valence-corrected chi connectivity index (χ2v) is 9.65. The molecule has 1 aromatic rings. The number of nitrogens with one attached hydrogen (secondary N) is 2. The lowest BCUT2D eigenvalue weighted by Gasteiger charge is -2.25.